The molecule has 0 aliphatic carbocycles. The molecule has 2 heterocycles. The monoisotopic (exact) mass is 330 g/mol. The Hall–Kier alpha value is -2.47. The number of rotatable bonds is 3. The number of carbonyl (C=O) groups is 1. The zero-order chi connectivity index (χ0) is 16.6. The molecule has 0 bridgehead atoms. The number of nitrogens with one attached hydrogen (secondary N) is 1. The molecule has 1 aromatic carbocycles. The zero-order valence-electron chi connectivity index (χ0n) is 12.9. The highest BCUT2D eigenvalue weighted by molar-refractivity contribution is 7.13. The van der Waals surface area contributed by atoms with E-state index in [9.17, 15) is 9.18 Å². The fourth-order valence-corrected chi connectivity index (χ4v) is 3.35. The standard InChI is InChI=1S/C17H15FN2O2S/c1-9-14(17(21)22-3)10(2)19-15(9)13-8-23-16(20-13)11-4-6-12(18)7-5-11/h4-8,19H,1-3H3. The molecular weight excluding hydrogens is 315 g/mol. The van der Waals surface area contributed by atoms with Gasteiger partial charge in [-0.3, -0.25) is 0 Å². The molecule has 2 aromatic heterocycles. The van der Waals surface area contributed by atoms with Gasteiger partial charge in [0, 0.05) is 16.6 Å². The van der Waals surface area contributed by atoms with Crippen LogP contribution in [-0.2, 0) is 4.74 Å². The van der Waals surface area contributed by atoms with Crippen molar-refractivity contribution in [2.45, 2.75) is 13.8 Å². The van der Waals surface area contributed by atoms with Crippen molar-refractivity contribution in [3.63, 3.8) is 0 Å². The number of aryl methyl sites for hydroxylation is 1. The summed E-state index contributed by atoms with van der Waals surface area (Å²) in [6.07, 6.45) is 0. The number of halogens is 1. The second-order valence-corrected chi connectivity index (χ2v) is 6.02. The molecule has 0 saturated carbocycles. The van der Waals surface area contributed by atoms with Crippen molar-refractivity contribution in [3.8, 4) is 22.0 Å². The number of aromatic amines is 1. The van der Waals surface area contributed by atoms with Crippen molar-refractivity contribution in [1.82, 2.24) is 9.97 Å². The van der Waals surface area contributed by atoms with Gasteiger partial charge in [0.1, 0.15) is 10.8 Å². The van der Waals surface area contributed by atoms with Gasteiger partial charge in [-0.1, -0.05) is 0 Å². The van der Waals surface area contributed by atoms with Gasteiger partial charge in [0.2, 0.25) is 0 Å². The third kappa shape index (κ3) is 2.77. The first-order valence-electron chi connectivity index (χ1n) is 7.00. The summed E-state index contributed by atoms with van der Waals surface area (Å²) in [5.74, 6) is -0.638. The SMILES string of the molecule is COC(=O)c1c(C)[nH]c(-c2csc(-c3ccc(F)cc3)n2)c1C. The maximum absolute atomic E-state index is 13.0. The number of nitrogens with zero attached hydrogens (tertiary/aromatic N) is 1. The largest absolute Gasteiger partial charge is 0.465 e. The van der Waals surface area contributed by atoms with Gasteiger partial charge < -0.3 is 9.72 Å². The van der Waals surface area contributed by atoms with Gasteiger partial charge in [-0.2, -0.15) is 0 Å². The maximum Gasteiger partial charge on any atom is 0.339 e. The van der Waals surface area contributed by atoms with Crippen LogP contribution in [0.15, 0.2) is 29.6 Å². The Morgan fingerprint density at radius 1 is 1.26 bits per heavy atom. The lowest BCUT2D eigenvalue weighted by molar-refractivity contribution is 0.0599. The van der Waals surface area contributed by atoms with E-state index < -0.39 is 0 Å². The lowest BCUT2D eigenvalue weighted by Crippen LogP contribution is -2.03. The number of hydrogen-bond donors (Lipinski definition) is 1. The number of hydrogen-bond acceptors (Lipinski definition) is 4. The number of ether oxygens (including phenoxy) is 1. The van der Waals surface area contributed by atoms with Gasteiger partial charge >= 0.3 is 5.97 Å². The minimum atomic E-state index is -0.364. The van der Waals surface area contributed by atoms with Gasteiger partial charge in [-0.15, -0.1) is 11.3 Å². The summed E-state index contributed by atoms with van der Waals surface area (Å²) in [5, 5.41) is 2.71. The predicted octanol–water partition coefficient (Wildman–Crippen LogP) is 4.35. The first-order valence-corrected chi connectivity index (χ1v) is 7.88. The molecule has 0 spiro atoms. The molecule has 23 heavy (non-hydrogen) atoms. The third-order valence-corrected chi connectivity index (χ3v) is 4.57. The highest BCUT2D eigenvalue weighted by Gasteiger charge is 2.21. The van der Waals surface area contributed by atoms with Crippen LogP contribution < -0.4 is 0 Å². The molecule has 0 aliphatic rings. The molecule has 118 valence electrons. The Labute approximate surface area is 137 Å². The van der Waals surface area contributed by atoms with Crippen LogP contribution in [0.3, 0.4) is 0 Å². The lowest BCUT2D eigenvalue weighted by Gasteiger charge is -1.99. The van der Waals surface area contributed by atoms with E-state index in [-0.39, 0.29) is 11.8 Å². The molecule has 1 N–H and O–H groups in total. The van der Waals surface area contributed by atoms with Crippen LogP contribution in [0.25, 0.3) is 22.0 Å². The summed E-state index contributed by atoms with van der Waals surface area (Å²) in [6, 6.07) is 6.22. The lowest BCUT2D eigenvalue weighted by atomic mass is 10.1. The number of benzene rings is 1. The molecule has 0 saturated heterocycles. The fourth-order valence-electron chi connectivity index (χ4n) is 2.53. The molecule has 3 rings (SSSR count). The molecule has 4 nitrogen and oxygen atoms in total. The minimum absolute atomic E-state index is 0.274. The smallest absolute Gasteiger partial charge is 0.339 e. The van der Waals surface area contributed by atoms with E-state index in [1.807, 2.05) is 19.2 Å². The summed E-state index contributed by atoms with van der Waals surface area (Å²) < 4.78 is 17.8. The Bertz CT molecular complexity index is 865. The molecule has 3 aromatic rings. The first-order chi connectivity index (χ1) is 11.0. The van der Waals surface area contributed by atoms with Crippen molar-refractivity contribution in [3.05, 3.63) is 52.3 Å². The normalized spacial score (nSPS) is 10.8. The van der Waals surface area contributed by atoms with E-state index in [2.05, 4.69) is 9.97 Å². The fraction of sp³-hybridized carbons (Fsp3) is 0.176. The third-order valence-electron chi connectivity index (χ3n) is 3.68. The molecule has 6 heteroatoms. The Morgan fingerprint density at radius 3 is 2.61 bits per heavy atom. The van der Waals surface area contributed by atoms with Gasteiger partial charge in [-0.25, -0.2) is 14.2 Å². The maximum atomic E-state index is 13.0. The van der Waals surface area contributed by atoms with Gasteiger partial charge in [0.05, 0.1) is 24.1 Å². The van der Waals surface area contributed by atoms with E-state index in [1.54, 1.807) is 12.1 Å². The van der Waals surface area contributed by atoms with Crippen LogP contribution in [0.4, 0.5) is 4.39 Å². The second kappa shape index (κ2) is 5.96. The molecule has 0 radical (unpaired) electrons. The molecule has 0 amide bonds. The Morgan fingerprint density at radius 2 is 1.96 bits per heavy atom. The summed E-state index contributed by atoms with van der Waals surface area (Å²) in [5.41, 5.74) is 4.51. The number of H-pyrrole nitrogens is 1. The topological polar surface area (TPSA) is 55.0 Å². The number of thiazole rings is 1. The molecular formula is C17H15FN2O2S. The van der Waals surface area contributed by atoms with E-state index in [4.69, 9.17) is 4.74 Å². The number of esters is 1. The predicted molar refractivity (Wildman–Crippen MR) is 88.1 cm³/mol. The summed E-state index contributed by atoms with van der Waals surface area (Å²) in [4.78, 5) is 19.7. The van der Waals surface area contributed by atoms with Crippen LogP contribution in [-0.4, -0.2) is 23.0 Å². The summed E-state index contributed by atoms with van der Waals surface area (Å²) in [7, 11) is 1.36. The highest BCUT2D eigenvalue weighted by atomic mass is 32.1. The zero-order valence-corrected chi connectivity index (χ0v) is 13.8. The average Bonchev–Trinajstić information content (AvgIpc) is 3.12. The van der Waals surface area contributed by atoms with E-state index in [1.165, 1.54) is 30.6 Å². The van der Waals surface area contributed by atoms with E-state index in [0.717, 1.165) is 33.2 Å². The molecule has 0 aliphatic heterocycles. The number of methoxy groups -OCH3 is 1. The average molecular weight is 330 g/mol. The molecule has 0 fully saturated rings. The number of carbonyl (C=O) groups excluding carboxylic acids is 1. The van der Waals surface area contributed by atoms with Crippen LogP contribution in [0, 0.1) is 19.7 Å². The van der Waals surface area contributed by atoms with Crippen molar-refractivity contribution in [2.75, 3.05) is 7.11 Å². The van der Waals surface area contributed by atoms with Crippen LogP contribution in [0.2, 0.25) is 0 Å². The van der Waals surface area contributed by atoms with Crippen LogP contribution in [0.1, 0.15) is 21.6 Å². The van der Waals surface area contributed by atoms with Gasteiger partial charge in [-0.05, 0) is 43.7 Å². The molecule has 0 unspecified atom stereocenters. The van der Waals surface area contributed by atoms with Crippen molar-refractivity contribution in [1.29, 1.82) is 0 Å². The van der Waals surface area contributed by atoms with Gasteiger partial charge in [0.15, 0.2) is 0 Å². The van der Waals surface area contributed by atoms with Crippen molar-refractivity contribution < 1.29 is 13.9 Å². The number of aromatic nitrogens is 2. The first kappa shape index (κ1) is 15.4. The van der Waals surface area contributed by atoms with Crippen molar-refractivity contribution >= 4 is 17.3 Å². The second-order valence-electron chi connectivity index (χ2n) is 5.16. The van der Waals surface area contributed by atoms with Crippen LogP contribution in [0.5, 0.6) is 0 Å². The summed E-state index contributed by atoms with van der Waals surface area (Å²) >= 11 is 1.47. The minimum Gasteiger partial charge on any atom is -0.465 e. The van der Waals surface area contributed by atoms with Crippen LogP contribution >= 0.6 is 11.3 Å². The Kier molecular flexibility index (Phi) is 4.00. The van der Waals surface area contributed by atoms with Gasteiger partial charge in [0.25, 0.3) is 0 Å². The van der Waals surface area contributed by atoms with E-state index >= 15 is 0 Å². The highest BCUT2D eigenvalue weighted by Crippen LogP contribution is 2.32. The van der Waals surface area contributed by atoms with Crippen molar-refractivity contribution in [2.24, 2.45) is 0 Å². The molecule has 0 atom stereocenters. The quantitative estimate of drug-likeness (QED) is 0.727. The van der Waals surface area contributed by atoms with E-state index in [0.29, 0.717) is 5.56 Å². The summed E-state index contributed by atoms with van der Waals surface area (Å²) in [6.45, 7) is 3.69. The Balaban J connectivity index is 2.01.